The first-order valence-corrected chi connectivity index (χ1v) is 6.96. The van der Waals surface area contributed by atoms with Crippen molar-refractivity contribution in [2.75, 3.05) is 0 Å². The molecule has 0 saturated heterocycles. The number of amides is 1. The maximum Gasteiger partial charge on any atom is 0.251 e. The van der Waals surface area contributed by atoms with Crippen LogP contribution in [0.15, 0.2) is 47.1 Å². The molecule has 19 heavy (non-hydrogen) atoms. The molecule has 2 rings (SSSR count). The molecule has 0 radical (unpaired) electrons. The molecule has 2 aromatic rings. The van der Waals surface area contributed by atoms with Crippen LogP contribution in [0.4, 0.5) is 0 Å². The second kappa shape index (κ2) is 6.48. The van der Waals surface area contributed by atoms with Crippen molar-refractivity contribution in [1.29, 1.82) is 0 Å². The molecule has 0 aliphatic heterocycles. The first-order valence-electron chi connectivity index (χ1n) is 6.17. The van der Waals surface area contributed by atoms with E-state index in [4.69, 9.17) is 0 Å². The van der Waals surface area contributed by atoms with Crippen LogP contribution < -0.4 is 5.32 Å². The number of rotatable bonds is 4. The fourth-order valence-corrected chi connectivity index (χ4v) is 2.08. The molecule has 0 saturated carbocycles. The predicted molar refractivity (Wildman–Crippen MR) is 78.9 cm³/mol. The summed E-state index contributed by atoms with van der Waals surface area (Å²) in [4.78, 5) is 16.3. The molecule has 0 atom stereocenters. The zero-order valence-corrected chi connectivity index (χ0v) is 12.3. The highest BCUT2D eigenvalue weighted by molar-refractivity contribution is 9.10. The normalized spacial score (nSPS) is 10.2. The topological polar surface area (TPSA) is 42.0 Å². The molecule has 1 aromatic carbocycles. The van der Waals surface area contributed by atoms with Gasteiger partial charge in [-0.15, -0.1) is 0 Å². The number of halogens is 1. The van der Waals surface area contributed by atoms with Crippen LogP contribution in [0.25, 0.3) is 0 Å². The van der Waals surface area contributed by atoms with Crippen LogP contribution in [0.3, 0.4) is 0 Å². The highest BCUT2D eigenvalue weighted by atomic mass is 79.9. The Labute approximate surface area is 121 Å². The maximum atomic E-state index is 12.0. The Kier molecular flexibility index (Phi) is 4.68. The quantitative estimate of drug-likeness (QED) is 0.939. The molecule has 0 spiro atoms. The molecule has 1 amide bonds. The lowest BCUT2D eigenvalue weighted by atomic mass is 10.1. The monoisotopic (exact) mass is 318 g/mol. The van der Waals surface area contributed by atoms with Gasteiger partial charge in [0.2, 0.25) is 0 Å². The van der Waals surface area contributed by atoms with Crippen LogP contribution in [0.2, 0.25) is 0 Å². The molecular formula is C15H15BrN2O. The minimum absolute atomic E-state index is 0.0831. The van der Waals surface area contributed by atoms with E-state index in [0.29, 0.717) is 12.1 Å². The predicted octanol–water partition coefficient (Wildman–Crippen LogP) is 3.34. The fraction of sp³-hybridized carbons (Fsp3) is 0.200. The van der Waals surface area contributed by atoms with Crippen molar-refractivity contribution in [3.05, 3.63) is 63.9 Å². The number of pyridine rings is 1. The third-order valence-electron chi connectivity index (χ3n) is 2.89. The number of benzene rings is 1. The molecule has 0 aliphatic rings. The molecule has 1 aromatic heterocycles. The number of aromatic nitrogens is 1. The van der Waals surface area contributed by atoms with Crippen LogP contribution in [0.5, 0.6) is 0 Å². The molecule has 3 nitrogen and oxygen atoms in total. The third kappa shape index (κ3) is 3.64. The number of hydrogen-bond donors (Lipinski definition) is 1. The maximum absolute atomic E-state index is 12.0. The summed E-state index contributed by atoms with van der Waals surface area (Å²) in [5, 5.41) is 2.89. The van der Waals surface area contributed by atoms with Crippen molar-refractivity contribution < 1.29 is 4.79 Å². The Morgan fingerprint density at radius 2 is 2.00 bits per heavy atom. The summed E-state index contributed by atoms with van der Waals surface area (Å²) in [7, 11) is 0. The lowest BCUT2D eigenvalue weighted by molar-refractivity contribution is 0.0950. The van der Waals surface area contributed by atoms with Gasteiger partial charge in [0.15, 0.2) is 0 Å². The van der Waals surface area contributed by atoms with E-state index in [1.54, 1.807) is 18.3 Å². The minimum atomic E-state index is -0.0831. The fourth-order valence-electron chi connectivity index (χ4n) is 1.82. The van der Waals surface area contributed by atoms with Gasteiger partial charge in [-0.25, -0.2) is 0 Å². The molecule has 98 valence electrons. The number of carbonyl (C=O) groups excluding carboxylic acids is 1. The smallest absolute Gasteiger partial charge is 0.251 e. The highest BCUT2D eigenvalue weighted by Gasteiger charge is 2.07. The van der Waals surface area contributed by atoms with Crippen LogP contribution in [0.1, 0.15) is 28.5 Å². The SMILES string of the molecule is CCc1cccnc1CNC(=O)c1ccc(Br)cc1. The van der Waals surface area contributed by atoms with Gasteiger partial charge in [-0.3, -0.25) is 9.78 Å². The standard InChI is InChI=1S/C15H15BrN2O/c1-2-11-4-3-9-17-14(11)10-18-15(19)12-5-7-13(16)8-6-12/h3-9H,2,10H2,1H3,(H,18,19). The Morgan fingerprint density at radius 1 is 1.26 bits per heavy atom. The number of aryl methyl sites for hydroxylation is 1. The van der Waals surface area contributed by atoms with Crippen molar-refractivity contribution in [2.45, 2.75) is 19.9 Å². The van der Waals surface area contributed by atoms with Crippen molar-refractivity contribution >= 4 is 21.8 Å². The highest BCUT2D eigenvalue weighted by Crippen LogP contribution is 2.11. The van der Waals surface area contributed by atoms with Gasteiger partial charge in [0.05, 0.1) is 12.2 Å². The second-order valence-corrected chi connectivity index (χ2v) is 5.07. The third-order valence-corrected chi connectivity index (χ3v) is 3.42. The largest absolute Gasteiger partial charge is 0.346 e. The zero-order chi connectivity index (χ0) is 13.7. The van der Waals surface area contributed by atoms with Crippen LogP contribution in [-0.2, 0) is 13.0 Å². The van der Waals surface area contributed by atoms with E-state index in [0.717, 1.165) is 16.6 Å². The van der Waals surface area contributed by atoms with E-state index < -0.39 is 0 Å². The van der Waals surface area contributed by atoms with E-state index in [1.807, 2.05) is 24.3 Å². The molecule has 1 N–H and O–H groups in total. The van der Waals surface area contributed by atoms with E-state index in [9.17, 15) is 4.79 Å². The van der Waals surface area contributed by atoms with Gasteiger partial charge >= 0.3 is 0 Å². The second-order valence-electron chi connectivity index (χ2n) is 4.15. The molecule has 4 heteroatoms. The van der Waals surface area contributed by atoms with Gasteiger partial charge in [-0.05, 0) is 42.3 Å². The van der Waals surface area contributed by atoms with Gasteiger partial charge in [-0.1, -0.05) is 28.9 Å². The Balaban J connectivity index is 2.02. The minimum Gasteiger partial charge on any atom is -0.346 e. The number of hydrogen-bond acceptors (Lipinski definition) is 2. The lowest BCUT2D eigenvalue weighted by Crippen LogP contribution is -2.23. The van der Waals surface area contributed by atoms with Gasteiger partial charge in [0, 0.05) is 16.2 Å². The van der Waals surface area contributed by atoms with Gasteiger partial charge in [0.1, 0.15) is 0 Å². The van der Waals surface area contributed by atoms with E-state index in [2.05, 4.69) is 33.2 Å². The number of carbonyl (C=O) groups is 1. The number of nitrogens with one attached hydrogen (secondary N) is 1. The van der Waals surface area contributed by atoms with Gasteiger partial charge < -0.3 is 5.32 Å². The molecule has 0 fully saturated rings. The van der Waals surface area contributed by atoms with E-state index in [-0.39, 0.29) is 5.91 Å². The molecule has 1 heterocycles. The average molecular weight is 319 g/mol. The van der Waals surface area contributed by atoms with Gasteiger partial charge in [-0.2, -0.15) is 0 Å². The van der Waals surface area contributed by atoms with Crippen molar-refractivity contribution in [3.63, 3.8) is 0 Å². The van der Waals surface area contributed by atoms with Crippen molar-refractivity contribution in [1.82, 2.24) is 10.3 Å². The van der Waals surface area contributed by atoms with E-state index >= 15 is 0 Å². The van der Waals surface area contributed by atoms with Crippen LogP contribution in [0, 0.1) is 0 Å². The summed E-state index contributed by atoms with van der Waals surface area (Å²) in [6, 6.07) is 11.2. The summed E-state index contributed by atoms with van der Waals surface area (Å²) >= 11 is 3.35. The van der Waals surface area contributed by atoms with Gasteiger partial charge in [0.25, 0.3) is 5.91 Å². The molecule has 0 bridgehead atoms. The average Bonchev–Trinajstić information content (AvgIpc) is 2.45. The Morgan fingerprint density at radius 3 is 2.68 bits per heavy atom. The first-order chi connectivity index (χ1) is 9.20. The van der Waals surface area contributed by atoms with Crippen molar-refractivity contribution in [2.24, 2.45) is 0 Å². The summed E-state index contributed by atoms with van der Waals surface area (Å²) in [5.74, 6) is -0.0831. The first kappa shape index (κ1) is 13.7. The Hall–Kier alpha value is -1.68. The summed E-state index contributed by atoms with van der Waals surface area (Å²) in [6.45, 7) is 2.54. The molecule has 0 unspecified atom stereocenters. The van der Waals surface area contributed by atoms with E-state index in [1.165, 1.54) is 5.56 Å². The lowest BCUT2D eigenvalue weighted by Gasteiger charge is -2.08. The summed E-state index contributed by atoms with van der Waals surface area (Å²) in [5.41, 5.74) is 2.74. The summed E-state index contributed by atoms with van der Waals surface area (Å²) < 4.78 is 0.960. The van der Waals surface area contributed by atoms with Crippen molar-refractivity contribution in [3.8, 4) is 0 Å². The Bertz CT molecular complexity index is 567. The zero-order valence-electron chi connectivity index (χ0n) is 10.7. The summed E-state index contributed by atoms with van der Waals surface area (Å²) in [6.07, 6.45) is 2.66. The molecule has 0 aliphatic carbocycles. The number of nitrogens with zero attached hydrogens (tertiary/aromatic N) is 1. The van der Waals surface area contributed by atoms with Crippen LogP contribution >= 0.6 is 15.9 Å². The van der Waals surface area contributed by atoms with Crippen LogP contribution in [-0.4, -0.2) is 10.9 Å². The molecular weight excluding hydrogens is 304 g/mol.